The van der Waals surface area contributed by atoms with Gasteiger partial charge >= 0.3 is 5.97 Å². The first-order valence-electron chi connectivity index (χ1n) is 6.94. The molecule has 0 unspecified atom stereocenters. The normalized spacial score (nSPS) is 10.8. The molecule has 0 amide bonds. The Hall–Kier alpha value is -2.20. The predicted molar refractivity (Wildman–Crippen MR) is 83.3 cm³/mol. The summed E-state index contributed by atoms with van der Waals surface area (Å²) in [5.74, 6) is -0.840. The highest BCUT2D eigenvalue weighted by atomic mass is 16.4. The maximum atomic E-state index is 10.8. The van der Waals surface area contributed by atoms with Gasteiger partial charge < -0.3 is 10.0 Å². The smallest absolute Gasteiger partial charge is 0.307 e. The van der Waals surface area contributed by atoms with Crippen LogP contribution in [-0.4, -0.2) is 41.6 Å². The van der Waals surface area contributed by atoms with Crippen LogP contribution in [0.15, 0.2) is 42.7 Å². The van der Waals surface area contributed by atoms with Crippen LogP contribution in [0.2, 0.25) is 0 Å². The Bertz CT molecular complexity index is 606. The number of hydrogen-bond acceptors (Lipinski definition) is 3. The summed E-state index contributed by atoms with van der Waals surface area (Å²) in [6.45, 7) is 1.02. The van der Waals surface area contributed by atoms with Crippen LogP contribution in [0.4, 0.5) is 0 Å². The van der Waals surface area contributed by atoms with Gasteiger partial charge in [0.2, 0.25) is 0 Å². The van der Waals surface area contributed by atoms with E-state index in [1.807, 2.05) is 6.07 Å². The van der Waals surface area contributed by atoms with Crippen molar-refractivity contribution in [2.75, 3.05) is 20.6 Å². The quantitative estimate of drug-likeness (QED) is 0.885. The van der Waals surface area contributed by atoms with Gasteiger partial charge in [0.05, 0.1) is 6.42 Å². The van der Waals surface area contributed by atoms with Gasteiger partial charge in [-0.25, -0.2) is 0 Å². The monoisotopic (exact) mass is 284 g/mol. The summed E-state index contributed by atoms with van der Waals surface area (Å²) in [7, 11) is 4.13. The molecule has 0 saturated heterocycles. The molecule has 0 spiro atoms. The number of benzene rings is 1. The van der Waals surface area contributed by atoms with Crippen molar-refractivity contribution < 1.29 is 9.90 Å². The Kier molecular flexibility index (Phi) is 5.06. The fourth-order valence-electron chi connectivity index (χ4n) is 2.13. The van der Waals surface area contributed by atoms with E-state index in [0.29, 0.717) is 0 Å². The van der Waals surface area contributed by atoms with Crippen molar-refractivity contribution in [3.8, 4) is 11.1 Å². The van der Waals surface area contributed by atoms with Gasteiger partial charge in [-0.1, -0.05) is 24.3 Å². The second kappa shape index (κ2) is 6.99. The van der Waals surface area contributed by atoms with E-state index in [1.165, 1.54) is 5.56 Å². The third-order valence-corrected chi connectivity index (χ3v) is 3.29. The van der Waals surface area contributed by atoms with E-state index < -0.39 is 5.97 Å². The molecule has 0 aliphatic heterocycles. The lowest BCUT2D eigenvalue weighted by Crippen LogP contribution is -2.14. The molecule has 0 bridgehead atoms. The summed E-state index contributed by atoms with van der Waals surface area (Å²) in [5, 5.41) is 8.84. The molecule has 2 rings (SSSR count). The minimum absolute atomic E-state index is 0.00174. The number of carboxylic acids is 1. The van der Waals surface area contributed by atoms with Gasteiger partial charge in [0.25, 0.3) is 0 Å². The van der Waals surface area contributed by atoms with E-state index in [4.69, 9.17) is 5.11 Å². The minimum atomic E-state index is -0.840. The molecule has 0 aliphatic rings. The molecule has 21 heavy (non-hydrogen) atoms. The van der Waals surface area contributed by atoms with Crippen LogP contribution in [0, 0.1) is 0 Å². The zero-order chi connectivity index (χ0) is 15.2. The molecule has 1 aromatic heterocycles. The molecule has 4 nitrogen and oxygen atoms in total. The van der Waals surface area contributed by atoms with Crippen molar-refractivity contribution in [2.24, 2.45) is 0 Å². The summed E-state index contributed by atoms with van der Waals surface area (Å²) in [6.07, 6.45) is 4.38. The highest BCUT2D eigenvalue weighted by Gasteiger charge is 2.04. The van der Waals surface area contributed by atoms with Crippen molar-refractivity contribution >= 4 is 5.97 Å². The van der Waals surface area contributed by atoms with E-state index in [9.17, 15) is 4.79 Å². The minimum Gasteiger partial charge on any atom is -0.481 e. The predicted octanol–water partition coefficient (Wildman–Crippen LogP) is 2.48. The molecular formula is C17H20N2O2. The van der Waals surface area contributed by atoms with Crippen LogP contribution in [0.3, 0.4) is 0 Å². The first-order chi connectivity index (χ1) is 10.0. The van der Waals surface area contributed by atoms with Crippen molar-refractivity contribution in [3.63, 3.8) is 0 Å². The third-order valence-electron chi connectivity index (χ3n) is 3.29. The van der Waals surface area contributed by atoms with E-state index >= 15 is 0 Å². The standard InChI is InChI=1S/C17H20N2O2/c1-19(2)8-7-13-3-5-15(6-4-13)16-9-14(10-17(20)21)11-18-12-16/h3-6,9,11-12H,7-8,10H2,1-2H3,(H,20,21). The maximum Gasteiger partial charge on any atom is 0.307 e. The molecular weight excluding hydrogens is 264 g/mol. The number of likely N-dealkylation sites (N-methyl/N-ethyl adjacent to an activating group) is 1. The maximum absolute atomic E-state index is 10.8. The number of carbonyl (C=O) groups is 1. The first kappa shape index (κ1) is 15.2. The number of aromatic nitrogens is 1. The SMILES string of the molecule is CN(C)CCc1ccc(-c2cncc(CC(=O)O)c2)cc1. The van der Waals surface area contributed by atoms with Crippen LogP contribution in [0.1, 0.15) is 11.1 Å². The van der Waals surface area contributed by atoms with Crippen LogP contribution in [0.25, 0.3) is 11.1 Å². The van der Waals surface area contributed by atoms with Crippen LogP contribution in [0.5, 0.6) is 0 Å². The zero-order valence-corrected chi connectivity index (χ0v) is 12.4. The third kappa shape index (κ3) is 4.68. The molecule has 0 radical (unpaired) electrons. The summed E-state index contributed by atoms with van der Waals surface area (Å²) >= 11 is 0. The second-order valence-electron chi connectivity index (χ2n) is 5.40. The summed E-state index contributed by atoms with van der Waals surface area (Å²) in [4.78, 5) is 17.0. The van der Waals surface area contributed by atoms with Crippen LogP contribution in [-0.2, 0) is 17.6 Å². The molecule has 0 atom stereocenters. The highest BCUT2D eigenvalue weighted by Crippen LogP contribution is 2.20. The Morgan fingerprint density at radius 3 is 2.43 bits per heavy atom. The average molecular weight is 284 g/mol. The molecule has 110 valence electrons. The van der Waals surface area contributed by atoms with E-state index in [0.717, 1.165) is 29.7 Å². The van der Waals surface area contributed by atoms with Crippen molar-refractivity contribution in [1.82, 2.24) is 9.88 Å². The summed E-state index contributed by atoms with van der Waals surface area (Å²) < 4.78 is 0. The van der Waals surface area contributed by atoms with Crippen LogP contribution < -0.4 is 0 Å². The molecule has 4 heteroatoms. The zero-order valence-electron chi connectivity index (χ0n) is 12.4. The second-order valence-corrected chi connectivity index (χ2v) is 5.40. The highest BCUT2D eigenvalue weighted by molar-refractivity contribution is 5.71. The fraction of sp³-hybridized carbons (Fsp3) is 0.294. The number of nitrogens with zero attached hydrogens (tertiary/aromatic N) is 2. The molecule has 2 aromatic rings. The van der Waals surface area contributed by atoms with E-state index in [1.54, 1.807) is 12.4 Å². The van der Waals surface area contributed by atoms with Crippen LogP contribution >= 0.6 is 0 Å². The number of hydrogen-bond donors (Lipinski definition) is 1. The largest absolute Gasteiger partial charge is 0.481 e. The Morgan fingerprint density at radius 2 is 1.81 bits per heavy atom. The van der Waals surface area contributed by atoms with Gasteiger partial charge in [0.1, 0.15) is 0 Å². The number of pyridine rings is 1. The number of rotatable bonds is 6. The first-order valence-corrected chi connectivity index (χ1v) is 6.94. The van der Waals surface area contributed by atoms with Gasteiger partial charge in [-0.05, 0) is 43.3 Å². The lowest BCUT2D eigenvalue weighted by Gasteiger charge is -2.10. The fourth-order valence-corrected chi connectivity index (χ4v) is 2.13. The van der Waals surface area contributed by atoms with Crippen molar-refractivity contribution in [2.45, 2.75) is 12.8 Å². The van der Waals surface area contributed by atoms with E-state index in [2.05, 4.69) is 48.2 Å². The Labute approximate surface area is 125 Å². The Balaban J connectivity index is 2.13. The molecule has 1 heterocycles. The summed E-state index contributed by atoms with van der Waals surface area (Å²) in [6, 6.07) is 10.2. The van der Waals surface area contributed by atoms with Gasteiger partial charge in [0.15, 0.2) is 0 Å². The molecule has 0 aliphatic carbocycles. The van der Waals surface area contributed by atoms with Gasteiger partial charge in [-0.3, -0.25) is 9.78 Å². The van der Waals surface area contributed by atoms with E-state index in [-0.39, 0.29) is 6.42 Å². The number of aliphatic carboxylic acids is 1. The lowest BCUT2D eigenvalue weighted by molar-refractivity contribution is -0.136. The molecule has 0 saturated carbocycles. The molecule has 1 N–H and O–H groups in total. The van der Waals surface area contributed by atoms with Gasteiger partial charge in [-0.2, -0.15) is 0 Å². The summed E-state index contributed by atoms with van der Waals surface area (Å²) in [5.41, 5.74) is 4.02. The molecule has 1 aromatic carbocycles. The topological polar surface area (TPSA) is 53.4 Å². The Morgan fingerprint density at radius 1 is 1.10 bits per heavy atom. The molecule has 0 fully saturated rings. The van der Waals surface area contributed by atoms with Crippen molar-refractivity contribution in [3.05, 3.63) is 53.9 Å². The number of carboxylic acid groups (broad SMARTS) is 1. The van der Waals surface area contributed by atoms with Crippen molar-refractivity contribution in [1.29, 1.82) is 0 Å². The average Bonchev–Trinajstić information content (AvgIpc) is 2.45. The van der Waals surface area contributed by atoms with Gasteiger partial charge in [0, 0.05) is 24.5 Å². The lowest BCUT2D eigenvalue weighted by atomic mass is 10.0. The van der Waals surface area contributed by atoms with Gasteiger partial charge in [-0.15, -0.1) is 0 Å².